The number of hydrogen-bond acceptors (Lipinski definition) is 2. The van der Waals surface area contributed by atoms with E-state index >= 15 is 0 Å². The van der Waals surface area contributed by atoms with Gasteiger partial charge in [0, 0.05) is 20.4 Å². The molecule has 0 aliphatic rings. The molecule has 0 heterocycles. The molecule has 2 amide bonds. The summed E-state index contributed by atoms with van der Waals surface area (Å²) in [6.07, 6.45) is 2.33. The number of amides is 2. The van der Waals surface area contributed by atoms with Gasteiger partial charge in [0.25, 0.3) is 0 Å². The normalized spacial score (nSPS) is 8.91. The van der Waals surface area contributed by atoms with E-state index in [4.69, 9.17) is 0 Å². The van der Waals surface area contributed by atoms with Crippen LogP contribution in [-0.2, 0) is 9.59 Å². The zero-order chi connectivity index (χ0) is 8.85. The van der Waals surface area contributed by atoms with Crippen molar-refractivity contribution in [2.45, 2.75) is 20.3 Å². The average Bonchev–Trinajstić information content (AvgIpc) is 1.87. The fourth-order valence-electron chi connectivity index (χ4n) is 0.757. The smallest absolute Gasteiger partial charge is 0.226 e. The topological polar surface area (TPSA) is 37.4 Å². The van der Waals surface area contributed by atoms with Gasteiger partial charge in [-0.1, -0.05) is 6.08 Å². The highest BCUT2D eigenvalue weighted by molar-refractivity contribution is 5.92. The Bertz CT molecular complexity index is 161. The van der Waals surface area contributed by atoms with Crippen LogP contribution >= 0.6 is 0 Å². The molecule has 11 heavy (non-hydrogen) atoms. The Morgan fingerprint density at radius 2 is 1.82 bits per heavy atom. The first-order chi connectivity index (χ1) is 5.09. The molecule has 62 valence electrons. The minimum Gasteiger partial charge on any atom is -0.283 e. The molecule has 0 N–H and O–H groups in total. The fraction of sp³-hybridized carbons (Fsp3) is 0.500. The third-order valence-corrected chi connectivity index (χ3v) is 1.32. The van der Waals surface area contributed by atoms with Crippen molar-refractivity contribution in [3.8, 4) is 0 Å². The molecule has 0 unspecified atom stereocenters. The van der Waals surface area contributed by atoms with Crippen LogP contribution in [0.15, 0.2) is 12.7 Å². The molecule has 0 saturated heterocycles. The van der Waals surface area contributed by atoms with Crippen LogP contribution < -0.4 is 0 Å². The molecule has 0 fully saturated rings. The molecule has 0 rings (SSSR count). The van der Waals surface area contributed by atoms with Crippen molar-refractivity contribution in [2.75, 3.05) is 6.54 Å². The molecule has 0 aliphatic heterocycles. The third-order valence-electron chi connectivity index (χ3n) is 1.32. The van der Waals surface area contributed by atoms with E-state index in [1.807, 2.05) is 0 Å². The maximum Gasteiger partial charge on any atom is 0.226 e. The van der Waals surface area contributed by atoms with Gasteiger partial charge in [0.15, 0.2) is 0 Å². The van der Waals surface area contributed by atoms with Gasteiger partial charge in [-0.2, -0.15) is 0 Å². The second-order valence-electron chi connectivity index (χ2n) is 2.27. The lowest BCUT2D eigenvalue weighted by Gasteiger charge is -2.15. The largest absolute Gasteiger partial charge is 0.283 e. The summed E-state index contributed by atoms with van der Waals surface area (Å²) in [7, 11) is 0. The van der Waals surface area contributed by atoms with Gasteiger partial charge < -0.3 is 0 Å². The van der Waals surface area contributed by atoms with E-state index in [9.17, 15) is 9.59 Å². The van der Waals surface area contributed by atoms with Gasteiger partial charge in [-0.25, -0.2) is 0 Å². The average molecular weight is 155 g/mol. The van der Waals surface area contributed by atoms with Crippen LogP contribution in [0.2, 0.25) is 0 Å². The molecule has 0 radical (unpaired) electrons. The second-order valence-corrected chi connectivity index (χ2v) is 2.27. The minimum absolute atomic E-state index is 0.209. The van der Waals surface area contributed by atoms with Crippen LogP contribution in [-0.4, -0.2) is 23.3 Å². The SMILES string of the molecule is C=CCCN(C(C)=O)C(C)=O. The summed E-state index contributed by atoms with van der Waals surface area (Å²) < 4.78 is 0. The predicted molar refractivity (Wildman–Crippen MR) is 42.9 cm³/mol. The van der Waals surface area contributed by atoms with Crippen LogP contribution in [0.4, 0.5) is 0 Å². The van der Waals surface area contributed by atoms with E-state index in [-0.39, 0.29) is 11.8 Å². The lowest BCUT2D eigenvalue weighted by atomic mass is 10.3. The molecule has 3 nitrogen and oxygen atoms in total. The fourth-order valence-corrected chi connectivity index (χ4v) is 0.757. The number of hydrogen-bond donors (Lipinski definition) is 0. The lowest BCUT2D eigenvalue weighted by Crippen LogP contribution is -2.33. The third kappa shape index (κ3) is 3.55. The van der Waals surface area contributed by atoms with Gasteiger partial charge in [0.1, 0.15) is 0 Å². The molecule has 0 spiro atoms. The maximum atomic E-state index is 10.8. The number of nitrogens with zero attached hydrogens (tertiary/aromatic N) is 1. The summed E-state index contributed by atoms with van der Waals surface area (Å²) in [5.74, 6) is -0.418. The summed E-state index contributed by atoms with van der Waals surface area (Å²) in [5, 5.41) is 0. The number of imide groups is 1. The van der Waals surface area contributed by atoms with Crippen LogP contribution in [0.1, 0.15) is 20.3 Å². The molecular weight excluding hydrogens is 142 g/mol. The van der Waals surface area contributed by atoms with E-state index in [1.54, 1.807) is 6.08 Å². The van der Waals surface area contributed by atoms with Crippen molar-refractivity contribution in [1.29, 1.82) is 0 Å². The minimum atomic E-state index is -0.209. The lowest BCUT2D eigenvalue weighted by molar-refractivity contribution is -0.141. The first-order valence-electron chi connectivity index (χ1n) is 3.49. The van der Waals surface area contributed by atoms with Gasteiger partial charge >= 0.3 is 0 Å². The number of rotatable bonds is 3. The van der Waals surface area contributed by atoms with Crippen molar-refractivity contribution < 1.29 is 9.59 Å². The van der Waals surface area contributed by atoms with Crippen LogP contribution in [0, 0.1) is 0 Å². The Morgan fingerprint density at radius 1 is 1.36 bits per heavy atom. The molecule has 0 saturated carbocycles. The van der Waals surface area contributed by atoms with Crippen molar-refractivity contribution in [3.05, 3.63) is 12.7 Å². The maximum absolute atomic E-state index is 10.8. The molecule has 0 aromatic rings. The van der Waals surface area contributed by atoms with Crippen molar-refractivity contribution in [2.24, 2.45) is 0 Å². The van der Waals surface area contributed by atoms with Gasteiger partial charge in [0.05, 0.1) is 0 Å². The van der Waals surface area contributed by atoms with Crippen molar-refractivity contribution in [3.63, 3.8) is 0 Å². The van der Waals surface area contributed by atoms with E-state index < -0.39 is 0 Å². The monoisotopic (exact) mass is 155 g/mol. The molecule has 0 bridgehead atoms. The quantitative estimate of drug-likeness (QED) is 0.569. The highest BCUT2D eigenvalue weighted by Crippen LogP contribution is 1.93. The Morgan fingerprint density at radius 3 is 2.09 bits per heavy atom. The molecular formula is C8H13NO2. The van der Waals surface area contributed by atoms with Crippen LogP contribution in [0.5, 0.6) is 0 Å². The highest BCUT2D eigenvalue weighted by atomic mass is 16.2. The zero-order valence-corrected chi connectivity index (χ0v) is 6.96. The Kier molecular flexibility index (Phi) is 4.18. The Balaban J connectivity index is 4.00. The van der Waals surface area contributed by atoms with Crippen molar-refractivity contribution in [1.82, 2.24) is 4.90 Å². The van der Waals surface area contributed by atoms with Gasteiger partial charge in [-0.05, 0) is 6.42 Å². The number of carbonyl (C=O) groups excluding carboxylic acids is 2. The van der Waals surface area contributed by atoms with E-state index in [0.29, 0.717) is 13.0 Å². The first kappa shape index (κ1) is 9.88. The van der Waals surface area contributed by atoms with Crippen LogP contribution in [0.25, 0.3) is 0 Å². The van der Waals surface area contributed by atoms with Crippen molar-refractivity contribution >= 4 is 11.8 Å². The predicted octanol–water partition coefficient (Wildman–Crippen LogP) is 0.958. The molecule has 0 aromatic heterocycles. The van der Waals surface area contributed by atoms with E-state index in [1.165, 1.54) is 18.7 Å². The van der Waals surface area contributed by atoms with E-state index in [2.05, 4.69) is 6.58 Å². The Labute approximate surface area is 66.7 Å². The number of carbonyl (C=O) groups is 2. The van der Waals surface area contributed by atoms with Gasteiger partial charge in [0.2, 0.25) is 11.8 Å². The first-order valence-corrected chi connectivity index (χ1v) is 3.49. The summed E-state index contributed by atoms with van der Waals surface area (Å²) >= 11 is 0. The molecule has 0 aromatic carbocycles. The summed E-state index contributed by atoms with van der Waals surface area (Å²) in [5.41, 5.74) is 0. The Hall–Kier alpha value is -1.12. The van der Waals surface area contributed by atoms with E-state index in [0.717, 1.165) is 0 Å². The molecule has 0 atom stereocenters. The standard InChI is InChI=1S/C8H13NO2/c1-4-5-6-9(7(2)10)8(3)11/h4H,1,5-6H2,2-3H3. The zero-order valence-electron chi connectivity index (χ0n) is 6.96. The molecule has 0 aliphatic carbocycles. The van der Waals surface area contributed by atoms with Gasteiger partial charge in [-0.3, -0.25) is 14.5 Å². The van der Waals surface area contributed by atoms with Crippen LogP contribution in [0.3, 0.4) is 0 Å². The second kappa shape index (κ2) is 4.66. The molecule has 3 heteroatoms. The van der Waals surface area contributed by atoms with Gasteiger partial charge in [-0.15, -0.1) is 6.58 Å². The summed E-state index contributed by atoms with van der Waals surface area (Å²) in [4.78, 5) is 22.7. The summed E-state index contributed by atoms with van der Waals surface area (Å²) in [6, 6.07) is 0. The summed E-state index contributed by atoms with van der Waals surface area (Å²) in [6.45, 7) is 6.70. The highest BCUT2D eigenvalue weighted by Gasteiger charge is 2.10.